The molecule has 1 aromatic rings. The van der Waals surface area contributed by atoms with Gasteiger partial charge in [-0.05, 0) is 58.2 Å². The Morgan fingerprint density at radius 2 is 1.84 bits per heavy atom. The maximum atomic E-state index is 13.1. The molecule has 0 spiro atoms. The molecule has 0 radical (unpaired) electrons. The zero-order chi connectivity index (χ0) is 18.8. The van der Waals surface area contributed by atoms with Crippen LogP contribution in [0, 0.1) is 0 Å². The monoisotopic (exact) mass is 365 g/mol. The zero-order valence-corrected chi connectivity index (χ0v) is 15.9. The van der Waals surface area contributed by atoms with Crippen molar-refractivity contribution in [3.8, 4) is 0 Å². The number of ketones is 1. The van der Waals surface area contributed by atoms with Gasteiger partial charge in [-0.2, -0.15) is 0 Å². The van der Waals surface area contributed by atoms with Crippen LogP contribution >= 0.6 is 11.6 Å². The Hall–Kier alpha value is -1.88. The normalized spacial score (nSPS) is 20.7. The number of imide groups is 1. The summed E-state index contributed by atoms with van der Waals surface area (Å²) < 4.78 is 5.34. The number of rotatable bonds is 4. The molecule has 1 fully saturated rings. The molecule has 25 heavy (non-hydrogen) atoms. The lowest BCUT2D eigenvalue weighted by Gasteiger charge is -2.29. The van der Waals surface area contributed by atoms with Gasteiger partial charge in [-0.25, -0.2) is 9.69 Å². The van der Waals surface area contributed by atoms with E-state index in [0.717, 1.165) is 10.5 Å². The third kappa shape index (κ3) is 4.40. The van der Waals surface area contributed by atoms with Gasteiger partial charge in [0.05, 0.1) is 5.41 Å². The second-order valence-electron chi connectivity index (χ2n) is 7.48. The molecule has 1 saturated heterocycles. The second-order valence-corrected chi connectivity index (χ2v) is 7.91. The maximum Gasteiger partial charge on any atom is 0.417 e. The van der Waals surface area contributed by atoms with Gasteiger partial charge >= 0.3 is 6.09 Å². The number of likely N-dealkylation sites (tertiary alicyclic amines) is 1. The molecule has 2 amide bonds. The van der Waals surface area contributed by atoms with Crippen molar-refractivity contribution in [2.75, 3.05) is 6.54 Å². The minimum absolute atomic E-state index is 0.0110. The molecular weight excluding hydrogens is 342 g/mol. The average Bonchev–Trinajstić information content (AvgIpc) is 2.82. The van der Waals surface area contributed by atoms with Gasteiger partial charge in [-0.3, -0.25) is 4.79 Å². The first kappa shape index (κ1) is 19.4. The number of carbonyl (C=O) groups is 3. The molecular formula is C19H24ClNO4. The summed E-state index contributed by atoms with van der Waals surface area (Å²) in [6, 6.07) is 7.02. The Balaban J connectivity index is 2.34. The fourth-order valence-corrected chi connectivity index (χ4v) is 3.19. The van der Waals surface area contributed by atoms with E-state index in [1.54, 1.807) is 45.0 Å². The summed E-state index contributed by atoms with van der Waals surface area (Å²) in [4.78, 5) is 38.2. The lowest BCUT2D eigenvalue weighted by atomic mass is 9.75. The highest BCUT2D eigenvalue weighted by Crippen LogP contribution is 2.41. The molecule has 1 heterocycles. The van der Waals surface area contributed by atoms with Crippen LogP contribution in [0.4, 0.5) is 4.79 Å². The van der Waals surface area contributed by atoms with Gasteiger partial charge in [0.1, 0.15) is 11.4 Å². The number of halogens is 1. The van der Waals surface area contributed by atoms with E-state index >= 15 is 0 Å². The van der Waals surface area contributed by atoms with Crippen LogP contribution in [-0.2, 0) is 19.7 Å². The van der Waals surface area contributed by atoms with E-state index in [0.29, 0.717) is 17.9 Å². The van der Waals surface area contributed by atoms with Crippen LogP contribution in [0.2, 0.25) is 5.02 Å². The molecule has 136 valence electrons. The smallest absolute Gasteiger partial charge is 0.417 e. The van der Waals surface area contributed by atoms with Crippen molar-refractivity contribution in [2.45, 2.75) is 58.0 Å². The fourth-order valence-electron chi connectivity index (χ4n) is 3.06. The third-order valence-corrected chi connectivity index (χ3v) is 4.58. The highest BCUT2D eigenvalue weighted by Gasteiger charge is 2.50. The van der Waals surface area contributed by atoms with Gasteiger partial charge in [0.2, 0.25) is 5.91 Å². The van der Waals surface area contributed by atoms with E-state index in [4.69, 9.17) is 16.3 Å². The standard InChI is InChI=1S/C19H24ClNO4/c1-13(22)9-10-19(14-5-7-15(20)8-6-14)11-12-21(16(19)23)17(24)25-18(2,3)4/h5-8H,9-12H2,1-4H3/t19-/m1/s1. The van der Waals surface area contributed by atoms with Crippen LogP contribution in [0.3, 0.4) is 0 Å². The average molecular weight is 366 g/mol. The molecule has 1 aliphatic heterocycles. The Kier molecular flexibility index (Phi) is 5.57. The van der Waals surface area contributed by atoms with Gasteiger partial charge in [0.25, 0.3) is 0 Å². The number of carbonyl (C=O) groups excluding carboxylic acids is 3. The van der Waals surface area contributed by atoms with Crippen LogP contribution < -0.4 is 0 Å². The van der Waals surface area contributed by atoms with Gasteiger partial charge in [-0.1, -0.05) is 23.7 Å². The van der Waals surface area contributed by atoms with E-state index in [1.807, 2.05) is 0 Å². The first-order chi connectivity index (χ1) is 11.5. The van der Waals surface area contributed by atoms with E-state index in [-0.39, 0.29) is 24.7 Å². The third-order valence-electron chi connectivity index (χ3n) is 4.33. The van der Waals surface area contributed by atoms with Crippen molar-refractivity contribution in [1.29, 1.82) is 0 Å². The quantitative estimate of drug-likeness (QED) is 0.805. The first-order valence-electron chi connectivity index (χ1n) is 8.36. The van der Waals surface area contributed by atoms with E-state index in [1.165, 1.54) is 6.92 Å². The molecule has 1 aromatic carbocycles. The summed E-state index contributed by atoms with van der Waals surface area (Å²) in [6.45, 7) is 7.05. The predicted octanol–water partition coefficient (Wildman–Crippen LogP) is 4.11. The predicted molar refractivity (Wildman–Crippen MR) is 95.6 cm³/mol. The van der Waals surface area contributed by atoms with Crippen LogP contribution in [-0.4, -0.2) is 34.8 Å². The van der Waals surface area contributed by atoms with Crippen molar-refractivity contribution in [3.63, 3.8) is 0 Å². The minimum Gasteiger partial charge on any atom is -0.443 e. The minimum atomic E-state index is -0.896. The summed E-state index contributed by atoms with van der Waals surface area (Å²) >= 11 is 5.96. The van der Waals surface area contributed by atoms with Crippen molar-refractivity contribution >= 4 is 29.4 Å². The molecule has 0 bridgehead atoms. The molecule has 2 rings (SSSR count). The van der Waals surface area contributed by atoms with Crippen LogP contribution in [0.15, 0.2) is 24.3 Å². The highest BCUT2D eigenvalue weighted by atomic mass is 35.5. The summed E-state index contributed by atoms with van der Waals surface area (Å²) in [6.07, 6.45) is 0.453. The number of hydrogen-bond acceptors (Lipinski definition) is 4. The lowest BCUT2D eigenvalue weighted by molar-refractivity contribution is -0.132. The summed E-state index contributed by atoms with van der Waals surface area (Å²) in [5.41, 5.74) is -0.802. The van der Waals surface area contributed by atoms with Crippen molar-refractivity contribution in [2.24, 2.45) is 0 Å². The number of hydrogen-bond donors (Lipinski definition) is 0. The van der Waals surface area contributed by atoms with E-state index in [9.17, 15) is 14.4 Å². The van der Waals surface area contributed by atoms with Crippen LogP contribution in [0.5, 0.6) is 0 Å². The van der Waals surface area contributed by atoms with Crippen molar-refractivity contribution < 1.29 is 19.1 Å². The largest absolute Gasteiger partial charge is 0.443 e. The van der Waals surface area contributed by atoms with E-state index < -0.39 is 17.1 Å². The van der Waals surface area contributed by atoms with Gasteiger partial charge in [0, 0.05) is 18.0 Å². The molecule has 0 aliphatic carbocycles. The number of ether oxygens (including phenoxy) is 1. The number of Topliss-reactive ketones (excluding diaryl/α,β-unsaturated/α-hetero) is 1. The molecule has 5 nitrogen and oxygen atoms in total. The fraction of sp³-hybridized carbons (Fsp3) is 0.526. The molecule has 0 aromatic heterocycles. The van der Waals surface area contributed by atoms with Crippen molar-refractivity contribution in [1.82, 2.24) is 4.90 Å². The number of nitrogens with zero attached hydrogens (tertiary/aromatic N) is 1. The Bertz CT molecular complexity index is 678. The SMILES string of the molecule is CC(=O)CC[C@]1(c2ccc(Cl)cc2)CCN(C(=O)OC(C)(C)C)C1=O. The summed E-state index contributed by atoms with van der Waals surface area (Å²) in [7, 11) is 0. The van der Waals surface area contributed by atoms with Gasteiger partial charge in [0.15, 0.2) is 0 Å². The molecule has 6 heteroatoms. The molecule has 0 saturated carbocycles. The van der Waals surface area contributed by atoms with Gasteiger partial charge < -0.3 is 9.53 Å². The highest BCUT2D eigenvalue weighted by molar-refractivity contribution is 6.30. The Morgan fingerprint density at radius 3 is 2.36 bits per heavy atom. The number of amides is 2. The van der Waals surface area contributed by atoms with Crippen LogP contribution in [0.25, 0.3) is 0 Å². The number of benzene rings is 1. The Labute approximate surface area is 153 Å². The molecule has 1 atom stereocenters. The van der Waals surface area contributed by atoms with Crippen molar-refractivity contribution in [3.05, 3.63) is 34.9 Å². The molecule has 0 N–H and O–H groups in total. The zero-order valence-electron chi connectivity index (χ0n) is 15.1. The summed E-state index contributed by atoms with van der Waals surface area (Å²) in [5.74, 6) is -0.304. The lowest BCUT2D eigenvalue weighted by Crippen LogP contribution is -2.43. The second kappa shape index (κ2) is 7.16. The van der Waals surface area contributed by atoms with Gasteiger partial charge in [-0.15, -0.1) is 0 Å². The Morgan fingerprint density at radius 1 is 1.24 bits per heavy atom. The molecule has 1 aliphatic rings. The molecule has 0 unspecified atom stereocenters. The summed E-state index contributed by atoms with van der Waals surface area (Å²) in [5, 5.41) is 0.569. The topological polar surface area (TPSA) is 63.7 Å². The van der Waals surface area contributed by atoms with Crippen LogP contribution in [0.1, 0.15) is 52.5 Å². The van der Waals surface area contributed by atoms with E-state index in [2.05, 4.69) is 0 Å². The first-order valence-corrected chi connectivity index (χ1v) is 8.73. The maximum absolute atomic E-state index is 13.1.